The number of ether oxygens (including phenoxy) is 2. The Bertz CT molecular complexity index is 312. The van der Waals surface area contributed by atoms with Crippen molar-refractivity contribution in [2.75, 3.05) is 38.7 Å². The molecule has 5 heteroatoms. The summed E-state index contributed by atoms with van der Waals surface area (Å²) >= 11 is 0. The van der Waals surface area contributed by atoms with Gasteiger partial charge in [-0.2, -0.15) is 0 Å². The van der Waals surface area contributed by atoms with Gasteiger partial charge in [0, 0.05) is 26.3 Å². The van der Waals surface area contributed by atoms with Gasteiger partial charge in [-0.25, -0.2) is 4.98 Å². The molecule has 2 N–H and O–H groups in total. The normalized spacial score (nSPS) is 15.6. The second kappa shape index (κ2) is 5.67. The van der Waals surface area contributed by atoms with Crippen molar-refractivity contribution in [3.8, 4) is 5.88 Å². The number of pyridine rings is 1. The summed E-state index contributed by atoms with van der Waals surface area (Å²) in [5.41, 5.74) is 1.03. The summed E-state index contributed by atoms with van der Waals surface area (Å²) in [6.45, 7) is 3.15. The van der Waals surface area contributed by atoms with Gasteiger partial charge in [-0.05, 0) is 6.07 Å². The van der Waals surface area contributed by atoms with Gasteiger partial charge in [0.25, 0.3) is 0 Å². The van der Waals surface area contributed by atoms with Crippen molar-refractivity contribution in [1.82, 2.24) is 10.3 Å². The van der Waals surface area contributed by atoms with Crippen LogP contribution in [0.1, 0.15) is 0 Å². The second-order valence-corrected chi connectivity index (χ2v) is 3.73. The van der Waals surface area contributed by atoms with E-state index in [-0.39, 0.29) is 0 Å². The molecule has 0 aliphatic carbocycles. The summed E-state index contributed by atoms with van der Waals surface area (Å²) in [6.07, 6.45) is 1.79. The fourth-order valence-electron chi connectivity index (χ4n) is 1.41. The Balaban J connectivity index is 1.78. The molecule has 0 unspecified atom stereocenters. The minimum atomic E-state index is 0.530. The van der Waals surface area contributed by atoms with Gasteiger partial charge in [-0.3, -0.25) is 0 Å². The maximum absolute atomic E-state index is 5.37. The van der Waals surface area contributed by atoms with Crippen LogP contribution >= 0.6 is 0 Å². The van der Waals surface area contributed by atoms with E-state index in [1.807, 2.05) is 12.1 Å². The summed E-state index contributed by atoms with van der Waals surface area (Å²) in [7, 11) is 1.65. The lowest BCUT2D eigenvalue weighted by atomic mass is 10.2. The first-order valence-corrected chi connectivity index (χ1v) is 5.43. The maximum atomic E-state index is 5.37. The number of rotatable bonds is 6. The lowest BCUT2D eigenvalue weighted by molar-refractivity contribution is 0.144. The van der Waals surface area contributed by atoms with Crippen LogP contribution in [0, 0.1) is 0 Å². The number of hydrogen-bond acceptors (Lipinski definition) is 5. The fourth-order valence-corrected chi connectivity index (χ4v) is 1.41. The second-order valence-electron chi connectivity index (χ2n) is 3.73. The van der Waals surface area contributed by atoms with E-state index in [9.17, 15) is 0 Å². The van der Waals surface area contributed by atoms with Crippen molar-refractivity contribution in [1.29, 1.82) is 0 Å². The minimum Gasteiger partial charge on any atom is -0.475 e. The van der Waals surface area contributed by atoms with Crippen LogP contribution in [0.15, 0.2) is 18.3 Å². The largest absolute Gasteiger partial charge is 0.475 e. The van der Waals surface area contributed by atoms with E-state index in [0.717, 1.165) is 18.8 Å². The predicted octanol–water partition coefficient (Wildman–Crippen LogP) is 0.490. The van der Waals surface area contributed by atoms with Gasteiger partial charge < -0.3 is 20.1 Å². The Hall–Kier alpha value is -1.33. The molecule has 0 spiro atoms. The van der Waals surface area contributed by atoms with Crippen molar-refractivity contribution in [2.45, 2.75) is 6.04 Å². The number of methoxy groups -OCH3 is 1. The quantitative estimate of drug-likeness (QED) is 0.687. The summed E-state index contributed by atoms with van der Waals surface area (Å²) < 4.78 is 10.3. The summed E-state index contributed by atoms with van der Waals surface area (Å²) in [6, 6.07) is 4.37. The molecule has 1 saturated heterocycles. The zero-order valence-electron chi connectivity index (χ0n) is 9.40. The Kier molecular flexibility index (Phi) is 3.96. The molecule has 0 bridgehead atoms. The molecule has 0 amide bonds. The highest BCUT2D eigenvalue weighted by atomic mass is 16.5. The van der Waals surface area contributed by atoms with E-state index in [1.165, 1.54) is 0 Å². The van der Waals surface area contributed by atoms with Crippen molar-refractivity contribution in [3.63, 3.8) is 0 Å². The molecule has 16 heavy (non-hydrogen) atoms. The van der Waals surface area contributed by atoms with Crippen molar-refractivity contribution < 1.29 is 9.47 Å². The molecule has 5 nitrogen and oxygen atoms in total. The first kappa shape index (κ1) is 11.2. The van der Waals surface area contributed by atoms with Crippen molar-refractivity contribution in [3.05, 3.63) is 18.3 Å². The van der Waals surface area contributed by atoms with Gasteiger partial charge >= 0.3 is 0 Å². The molecule has 0 atom stereocenters. The third kappa shape index (κ3) is 3.08. The molecule has 1 aromatic heterocycles. The SMILES string of the molecule is COCCOc1ccc(NC2CNC2)cn1. The number of hydrogen-bond donors (Lipinski definition) is 2. The maximum Gasteiger partial charge on any atom is 0.213 e. The molecule has 0 aromatic carbocycles. The average molecular weight is 223 g/mol. The monoisotopic (exact) mass is 223 g/mol. The minimum absolute atomic E-state index is 0.530. The lowest BCUT2D eigenvalue weighted by Crippen LogP contribution is -2.51. The lowest BCUT2D eigenvalue weighted by Gasteiger charge is -2.28. The molecule has 0 saturated carbocycles. The summed E-state index contributed by atoms with van der Waals surface area (Å²) in [5.74, 6) is 0.634. The Morgan fingerprint density at radius 1 is 1.44 bits per heavy atom. The average Bonchev–Trinajstić information content (AvgIpc) is 2.26. The van der Waals surface area contributed by atoms with Crippen LogP contribution in [-0.2, 0) is 4.74 Å². The van der Waals surface area contributed by atoms with Gasteiger partial charge in [0.2, 0.25) is 5.88 Å². The van der Waals surface area contributed by atoms with Gasteiger partial charge in [0.05, 0.1) is 24.5 Å². The first-order valence-electron chi connectivity index (χ1n) is 5.43. The Morgan fingerprint density at radius 3 is 2.88 bits per heavy atom. The number of nitrogens with one attached hydrogen (secondary N) is 2. The number of aromatic nitrogens is 1. The highest BCUT2D eigenvalue weighted by Gasteiger charge is 2.15. The fraction of sp³-hybridized carbons (Fsp3) is 0.545. The molecule has 88 valence electrons. The third-order valence-electron chi connectivity index (χ3n) is 2.43. The van der Waals surface area contributed by atoms with Gasteiger partial charge in [0.15, 0.2) is 0 Å². The Labute approximate surface area is 95.2 Å². The van der Waals surface area contributed by atoms with E-state index >= 15 is 0 Å². The number of anilines is 1. The molecule has 0 radical (unpaired) electrons. The van der Waals surface area contributed by atoms with E-state index in [2.05, 4.69) is 15.6 Å². The first-order chi connectivity index (χ1) is 7.88. The van der Waals surface area contributed by atoms with Crippen LogP contribution in [0.3, 0.4) is 0 Å². The standard InChI is InChI=1S/C11H17N3O2/c1-15-4-5-16-11-3-2-9(8-13-11)14-10-6-12-7-10/h2-3,8,10,12,14H,4-7H2,1H3. The molecule has 1 aliphatic rings. The third-order valence-corrected chi connectivity index (χ3v) is 2.43. The van der Waals surface area contributed by atoms with Gasteiger partial charge in [-0.1, -0.05) is 0 Å². The van der Waals surface area contributed by atoms with Gasteiger partial charge in [0.1, 0.15) is 6.61 Å². The number of nitrogens with zero attached hydrogens (tertiary/aromatic N) is 1. The molecular weight excluding hydrogens is 206 g/mol. The molecule has 1 fully saturated rings. The van der Waals surface area contributed by atoms with Gasteiger partial charge in [-0.15, -0.1) is 0 Å². The summed E-state index contributed by atoms with van der Waals surface area (Å²) in [5, 5.41) is 6.57. The van der Waals surface area contributed by atoms with Crippen molar-refractivity contribution >= 4 is 5.69 Å². The van der Waals surface area contributed by atoms with E-state index < -0.39 is 0 Å². The highest BCUT2D eigenvalue weighted by molar-refractivity contribution is 5.43. The van der Waals surface area contributed by atoms with Crippen LogP contribution in [-0.4, -0.2) is 44.4 Å². The zero-order chi connectivity index (χ0) is 11.2. The molecule has 2 heterocycles. The van der Waals surface area contributed by atoms with Crippen LogP contribution < -0.4 is 15.4 Å². The van der Waals surface area contributed by atoms with E-state index in [4.69, 9.17) is 9.47 Å². The predicted molar refractivity (Wildman–Crippen MR) is 61.9 cm³/mol. The van der Waals surface area contributed by atoms with Crippen LogP contribution in [0.25, 0.3) is 0 Å². The van der Waals surface area contributed by atoms with Crippen LogP contribution in [0.4, 0.5) is 5.69 Å². The molecule has 1 aromatic rings. The summed E-state index contributed by atoms with van der Waals surface area (Å²) in [4.78, 5) is 4.20. The van der Waals surface area contributed by atoms with E-state index in [1.54, 1.807) is 13.3 Å². The van der Waals surface area contributed by atoms with E-state index in [0.29, 0.717) is 25.1 Å². The van der Waals surface area contributed by atoms with Crippen LogP contribution in [0.5, 0.6) is 5.88 Å². The smallest absolute Gasteiger partial charge is 0.213 e. The highest BCUT2D eigenvalue weighted by Crippen LogP contribution is 2.13. The Morgan fingerprint density at radius 2 is 2.31 bits per heavy atom. The molecule has 2 rings (SSSR count). The van der Waals surface area contributed by atoms with Crippen LogP contribution in [0.2, 0.25) is 0 Å². The van der Waals surface area contributed by atoms with Crippen molar-refractivity contribution in [2.24, 2.45) is 0 Å². The zero-order valence-corrected chi connectivity index (χ0v) is 9.40. The topological polar surface area (TPSA) is 55.4 Å². The molecule has 1 aliphatic heterocycles. The molecular formula is C11H17N3O2.